The van der Waals surface area contributed by atoms with Crippen molar-refractivity contribution >= 4 is 40.9 Å². The van der Waals surface area contributed by atoms with Gasteiger partial charge in [0, 0.05) is 18.3 Å². The van der Waals surface area contributed by atoms with Crippen LogP contribution in [-0.4, -0.2) is 50.6 Å². The summed E-state index contributed by atoms with van der Waals surface area (Å²) in [5.74, 6) is -1.12. The minimum Gasteiger partial charge on any atom is -0.496 e. The van der Waals surface area contributed by atoms with Crippen LogP contribution in [0, 0.1) is 0 Å². The van der Waals surface area contributed by atoms with Crippen LogP contribution in [0.15, 0.2) is 41.2 Å². The number of aromatic carboxylic acids is 1. The second kappa shape index (κ2) is 8.56. The fraction of sp³-hybridized carbons (Fsp3) is 0.167. The van der Waals surface area contributed by atoms with Crippen molar-refractivity contribution < 1.29 is 19.4 Å². The third-order valence-corrected chi connectivity index (χ3v) is 4.80. The molecule has 0 atom stereocenters. The number of halogens is 2. The average molecular weight is 452 g/mol. The van der Waals surface area contributed by atoms with Crippen molar-refractivity contribution in [1.82, 2.24) is 19.8 Å². The van der Waals surface area contributed by atoms with Gasteiger partial charge in [-0.25, -0.2) is 14.4 Å². The Morgan fingerprint density at radius 2 is 1.83 bits per heavy atom. The van der Waals surface area contributed by atoms with Gasteiger partial charge in [-0.3, -0.25) is 4.90 Å². The number of ether oxygens (including phenoxy) is 1. The van der Waals surface area contributed by atoms with E-state index in [4.69, 9.17) is 27.9 Å². The first-order valence-electron chi connectivity index (χ1n) is 8.52. The smallest absolute Gasteiger partial charge is 0.377 e. The highest BCUT2D eigenvalue weighted by molar-refractivity contribution is 6.37. The van der Waals surface area contributed by atoms with Gasteiger partial charge in [0.05, 0.1) is 17.2 Å². The van der Waals surface area contributed by atoms with Gasteiger partial charge >= 0.3 is 17.7 Å². The summed E-state index contributed by atoms with van der Waals surface area (Å²) < 4.78 is 6.47. The lowest BCUT2D eigenvalue weighted by Gasteiger charge is -2.20. The zero-order chi connectivity index (χ0) is 22.0. The van der Waals surface area contributed by atoms with Crippen molar-refractivity contribution in [2.45, 2.75) is 6.92 Å². The van der Waals surface area contributed by atoms with E-state index in [0.29, 0.717) is 10.4 Å². The number of benzene rings is 2. The Morgan fingerprint density at radius 3 is 2.40 bits per heavy atom. The number of hydrogen-bond acceptors (Lipinski definition) is 6. The second-order valence-corrected chi connectivity index (χ2v) is 6.69. The number of nitrogens with zero attached hydrogens (tertiary/aromatic N) is 5. The van der Waals surface area contributed by atoms with E-state index in [0.717, 1.165) is 4.68 Å². The topological polar surface area (TPSA) is 120 Å². The van der Waals surface area contributed by atoms with E-state index in [1.807, 2.05) is 0 Å². The van der Waals surface area contributed by atoms with Crippen molar-refractivity contribution in [3.63, 3.8) is 0 Å². The fourth-order valence-corrected chi connectivity index (χ4v) is 3.32. The van der Waals surface area contributed by atoms with Gasteiger partial charge in [0.25, 0.3) is 0 Å². The molecule has 1 heterocycles. The molecule has 156 valence electrons. The fourth-order valence-electron chi connectivity index (χ4n) is 2.77. The normalized spacial score (nSPS) is 10.7. The maximum atomic E-state index is 13.0. The van der Waals surface area contributed by atoms with E-state index in [2.05, 4.69) is 10.4 Å². The van der Waals surface area contributed by atoms with Gasteiger partial charge < -0.3 is 9.84 Å². The molecule has 2 aromatic carbocycles. The number of hydrogen-bond donors (Lipinski definition) is 1. The molecular weight excluding hydrogens is 437 g/mol. The van der Waals surface area contributed by atoms with Crippen molar-refractivity contribution in [2.75, 3.05) is 18.6 Å². The summed E-state index contributed by atoms with van der Waals surface area (Å²) in [6, 6.07) is 7.94. The molecule has 1 aromatic heterocycles. The maximum absolute atomic E-state index is 13.0. The van der Waals surface area contributed by atoms with Gasteiger partial charge in [0.1, 0.15) is 17.0 Å². The predicted molar refractivity (Wildman–Crippen MR) is 109 cm³/mol. The highest BCUT2D eigenvalue weighted by Gasteiger charge is 2.24. The summed E-state index contributed by atoms with van der Waals surface area (Å²) in [6.45, 7) is 1.83. The van der Waals surface area contributed by atoms with Gasteiger partial charge in [0.2, 0.25) is 0 Å². The van der Waals surface area contributed by atoms with Crippen LogP contribution in [0.4, 0.5) is 10.5 Å². The summed E-state index contributed by atoms with van der Waals surface area (Å²) in [6.07, 6.45) is 0. The molecule has 10 nitrogen and oxygen atoms in total. The first-order chi connectivity index (χ1) is 14.3. The van der Waals surface area contributed by atoms with Gasteiger partial charge in [-0.15, -0.1) is 4.68 Å². The molecule has 0 aliphatic heterocycles. The Bertz CT molecular complexity index is 1170. The number of methoxy groups -OCH3 is 1. The molecule has 30 heavy (non-hydrogen) atoms. The van der Waals surface area contributed by atoms with Gasteiger partial charge in [-0.1, -0.05) is 29.3 Å². The molecule has 0 spiro atoms. The number of anilines is 1. The first kappa shape index (κ1) is 21.3. The number of para-hydroxylation sites is 1. The van der Waals surface area contributed by atoms with Crippen LogP contribution in [0.5, 0.6) is 5.75 Å². The molecule has 0 bridgehead atoms. The van der Waals surface area contributed by atoms with Gasteiger partial charge in [0.15, 0.2) is 0 Å². The lowest BCUT2D eigenvalue weighted by Crippen LogP contribution is -2.41. The molecule has 0 unspecified atom stereocenters. The molecule has 0 saturated heterocycles. The summed E-state index contributed by atoms with van der Waals surface area (Å²) in [5, 5.41) is 16.9. The number of aromatic nitrogens is 4. The summed E-state index contributed by atoms with van der Waals surface area (Å²) in [7, 11) is 1.31. The molecule has 0 aliphatic carbocycles. The van der Waals surface area contributed by atoms with Crippen LogP contribution >= 0.6 is 23.2 Å². The predicted octanol–water partition coefficient (Wildman–Crippen LogP) is 2.94. The van der Waals surface area contributed by atoms with Gasteiger partial charge in [-0.2, -0.15) is 4.68 Å². The molecule has 0 saturated carbocycles. The number of amides is 1. The zero-order valence-corrected chi connectivity index (χ0v) is 17.3. The van der Waals surface area contributed by atoms with Crippen molar-refractivity contribution in [2.24, 2.45) is 0 Å². The van der Waals surface area contributed by atoms with Gasteiger partial charge in [-0.05, 0) is 41.6 Å². The van der Waals surface area contributed by atoms with E-state index < -0.39 is 17.7 Å². The van der Waals surface area contributed by atoms with Crippen LogP contribution in [0.25, 0.3) is 5.69 Å². The average Bonchev–Trinajstić information content (AvgIpc) is 3.09. The zero-order valence-electron chi connectivity index (χ0n) is 15.7. The molecule has 1 N–H and O–H groups in total. The molecular formula is C18H15Cl2N5O5. The summed E-state index contributed by atoms with van der Waals surface area (Å²) in [4.78, 5) is 38.2. The van der Waals surface area contributed by atoms with Crippen LogP contribution in [0.3, 0.4) is 0 Å². The van der Waals surface area contributed by atoms with Crippen LogP contribution in [0.1, 0.15) is 17.3 Å². The van der Waals surface area contributed by atoms with Crippen molar-refractivity contribution in [3.05, 3.63) is 62.5 Å². The van der Waals surface area contributed by atoms with E-state index in [-0.39, 0.29) is 33.6 Å². The lowest BCUT2D eigenvalue weighted by atomic mass is 10.1. The Labute approximate surface area is 179 Å². The number of carbonyl (C=O) groups is 2. The maximum Gasteiger partial charge on any atom is 0.377 e. The summed E-state index contributed by atoms with van der Waals surface area (Å²) >= 11 is 12.2. The Balaban J connectivity index is 2.03. The molecule has 3 aromatic rings. The summed E-state index contributed by atoms with van der Waals surface area (Å²) in [5.41, 5.74) is -0.536. The highest BCUT2D eigenvalue weighted by Crippen LogP contribution is 2.27. The van der Waals surface area contributed by atoms with Crippen LogP contribution < -0.4 is 15.3 Å². The van der Waals surface area contributed by atoms with E-state index in [9.17, 15) is 19.5 Å². The largest absolute Gasteiger partial charge is 0.496 e. The number of carboxylic acids is 1. The Hall–Kier alpha value is -3.37. The van der Waals surface area contributed by atoms with E-state index in [1.54, 1.807) is 13.0 Å². The molecule has 0 fully saturated rings. The molecule has 12 heteroatoms. The van der Waals surface area contributed by atoms with Crippen molar-refractivity contribution in [1.29, 1.82) is 0 Å². The Morgan fingerprint density at radius 1 is 1.17 bits per heavy atom. The molecule has 1 amide bonds. The third kappa shape index (κ3) is 3.74. The van der Waals surface area contributed by atoms with Crippen LogP contribution in [-0.2, 0) is 0 Å². The standard InChI is InChI=1S/C18H15Cl2N5O5/c1-3-23(10-7-8-11(16(26)27)14(9-10)30-2)17(28)25-18(29)24(21-22-25)15-12(19)5-4-6-13(15)20/h4-9H,3H2,1-2H3,(H,26,27). The Kier molecular flexibility index (Phi) is 6.09. The number of carboxylic acid groups (broad SMARTS) is 1. The molecule has 3 rings (SSSR count). The second-order valence-electron chi connectivity index (χ2n) is 5.87. The number of tetrazole rings is 1. The quantitative estimate of drug-likeness (QED) is 0.591. The molecule has 0 aliphatic rings. The number of rotatable bonds is 5. The van der Waals surface area contributed by atoms with Crippen LogP contribution in [0.2, 0.25) is 10.0 Å². The molecule has 0 radical (unpaired) electrons. The first-order valence-corrected chi connectivity index (χ1v) is 9.28. The van der Waals surface area contributed by atoms with E-state index in [1.165, 1.54) is 42.3 Å². The lowest BCUT2D eigenvalue weighted by molar-refractivity contribution is 0.0693. The minimum atomic E-state index is -1.18. The van der Waals surface area contributed by atoms with Crippen molar-refractivity contribution in [3.8, 4) is 11.4 Å². The highest BCUT2D eigenvalue weighted by atomic mass is 35.5. The third-order valence-electron chi connectivity index (χ3n) is 4.19. The van der Waals surface area contributed by atoms with E-state index >= 15 is 0 Å². The monoisotopic (exact) mass is 451 g/mol. The SMILES string of the molecule is CCN(C(=O)n1nnn(-c2c(Cl)cccc2Cl)c1=O)c1ccc(C(=O)O)c(OC)c1. The number of carbonyl (C=O) groups excluding carboxylic acids is 1. The minimum absolute atomic E-state index is 0.0603.